The molecule has 1 unspecified atom stereocenters. The van der Waals surface area contributed by atoms with Gasteiger partial charge in [0.05, 0.1) is 14.2 Å². The molecule has 1 aliphatic rings. The van der Waals surface area contributed by atoms with Gasteiger partial charge >= 0.3 is 0 Å². The number of hydrogen-bond acceptors (Lipinski definition) is 3. The minimum absolute atomic E-state index is 0.509. The molecule has 1 N–H and O–H groups in total. The Kier molecular flexibility index (Phi) is 2.33. The maximum absolute atomic E-state index is 5.26. The summed E-state index contributed by atoms with van der Waals surface area (Å²) in [6.45, 7) is 3.16. The molecule has 2 rings (SSSR count). The molecule has 3 nitrogen and oxygen atoms in total. The summed E-state index contributed by atoms with van der Waals surface area (Å²) in [5.41, 5.74) is 2.56. The molecule has 1 saturated heterocycles. The molecule has 0 spiro atoms. The maximum atomic E-state index is 5.26. The molecular formula is C11H15NO2. The van der Waals surface area contributed by atoms with Gasteiger partial charge in [0.1, 0.15) is 0 Å². The number of ether oxygens (including phenoxy) is 2. The van der Waals surface area contributed by atoms with E-state index in [4.69, 9.17) is 9.47 Å². The Morgan fingerprint density at radius 1 is 1.21 bits per heavy atom. The number of methoxy groups -OCH3 is 2. The van der Waals surface area contributed by atoms with E-state index >= 15 is 0 Å². The Labute approximate surface area is 84.0 Å². The van der Waals surface area contributed by atoms with E-state index in [0.29, 0.717) is 6.04 Å². The first kappa shape index (κ1) is 9.34. The normalized spacial score (nSPS) is 19.2. The van der Waals surface area contributed by atoms with Crippen LogP contribution in [-0.4, -0.2) is 20.8 Å². The van der Waals surface area contributed by atoms with E-state index in [1.165, 1.54) is 11.1 Å². The molecule has 1 aromatic carbocycles. The van der Waals surface area contributed by atoms with Crippen molar-refractivity contribution in [2.45, 2.75) is 13.0 Å². The molecule has 0 aromatic heterocycles. The fourth-order valence-electron chi connectivity index (χ4n) is 1.65. The fraction of sp³-hybridized carbons (Fsp3) is 0.455. The molecule has 1 atom stereocenters. The standard InChI is InChI=1S/C11H15NO2/c1-7-4-10(13-2)11(14-3)5-8(7)9-6-12-9/h4-5,9,12H,6H2,1-3H3. The lowest BCUT2D eigenvalue weighted by molar-refractivity contribution is 0.354. The third-order valence-corrected chi connectivity index (χ3v) is 2.56. The van der Waals surface area contributed by atoms with Crippen molar-refractivity contribution in [3.8, 4) is 11.5 Å². The first-order valence-electron chi connectivity index (χ1n) is 4.72. The number of rotatable bonds is 3. The molecular weight excluding hydrogens is 178 g/mol. The topological polar surface area (TPSA) is 40.4 Å². The van der Waals surface area contributed by atoms with Gasteiger partial charge in [0, 0.05) is 12.6 Å². The monoisotopic (exact) mass is 193 g/mol. The van der Waals surface area contributed by atoms with Crippen molar-refractivity contribution in [2.24, 2.45) is 0 Å². The molecule has 0 aliphatic carbocycles. The first-order valence-corrected chi connectivity index (χ1v) is 4.72. The van der Waals surface area contributed by atoms with Crippen LogP contribution in [0.15, 0.2) is 12.1 Å². The van der Waals surface area contributed by atoms with E-state index in [1.54, 1.807) is 14.2 Å². The van der Waals surface area contributed by atoms with E-state index in [9.17, 15) is 0 Å². The van der Waals surface area contributed by atoms with Gasteiger partial charge in [-0.15, -0.1) is 0 Å². The average Bonchev–Trinajstić information content (AvgIpc) is 3.01. The molecule has 1 aromatic rings. The summed E-state index contributed by atoms with van der Waals surface area (Å²) in [5.74, 6) is 1.61. The zero-order valence-electron chi connectivity index (χ0n) is 8.76. The van der Waals surface area contributed by atoms with Gasteiger partial charge in [0.2, 0.25) is 0 Å². The molecule has 1 fully saturated rings. The highest BCUT2D eigenvalue weighted by molar-refractivity contribution is 5.49. The van der Waals surface area contributed by atoms with Crippen molar-refractivity contribution >= 4 is 0 Å². The second-order valence-electron chi connectivity index (χ2n) is 3.52. The van der Waals surface area contributed by atoms with Gasteiger partial charge in [0.25, 0.3) is 0 Å². The summed E-state index contributed by atoms with van der Waals surface area (Å²) in [6, 6.07) is 4.59. The zero-order valence-corrected chi connectivity index (χ0v) is 8.76. The van der Waals surface area contributed by atoms with E-state index in [2.05, 4.69) is 18.3 Å². The lowest BCUT2D eigenvalue weighted by Crippen LogP contribution is -1.96. The summed E-state index contributed by atoms with van der Waals surface area (Å²) in [7, 11) is 3.32. The van der Waals surface area contributed by atoms with Gasteiger partial charge in [-0.25, -0.2) is 0 Å². The third-order valence-electron chi connectivity index (χ3n) is 2.56. The van der Waals surface area contributed by atoms with Crippen molar-refractivity contribution in [1.29, 1.82) is 0 Å². The molecule has 0 radical (unpaired) electrons. The Hall–Kier alpha value is -1.22. The molecule has 14 heavy (non-hydrogen) atoms. The van der Waals surface area contributed by atoms with Crippen LogP contribution in [-0.2, 0) is 0 Å². The van der Waals surface area contributed by atoms with E-state index in [0.717, 1.165) is 18.0 Å². The first-order chi connectivity index (χ1) is 6.76. The summed E-state index contributed by atoms with van der Waals surface area (Å²) < 4.78 is 10.5. The highest BCUT2D eigenvalue weighted by Crippen LogP contribution is 2.35. The summed E-state index contributed by atoms with van der Waals surface area (Å²) in [6.07, 6.45) is 0. The average molecular weight is 193 g/mol. The van der Waals surface area contributed by atoms with Gasteiger partial charge in [-0.3, -0.25) is 0 Å². The van der Waals surface area contributed by atoms with Crippen molar-refractivity contribution in [3.63, 3.8) is 0 Å². The molecule has 0 saturated carbocycles. The summed E-state index contributed by atoms with van der Waals surface area (Å²) in [5, 5.41) is 3.28. The highest BCUT2D eigenvalue weighted by atomic mass is 16.5. The van der Waals surface area contributed by atoms with Crippen LogP contribution in [0.1, 0.15) is 17.2 Å². The van der Waals surface area contributed by atoms with Gasteiger partial charge in [-0.1, -0.05) is 0 Å². The smallest absolute Gasteiger partial charge is 0.161 e. The van der Waals surface area contributed by atoms with E-state index in [-0.39, 0.29) is 0 Å². The largest absolute Gasteiger partial charge is 0.493 e. The van der Waals surface area contributed by atoms with Gasteiger partial charge in [-0.05, 0) is 30.2 Å². The van der Waals surface area contributed by atoms with Crippen LogP contribution in [0.4, 0.5) is 0 Å². The molecule has 76 valence electrons. The summed E-state index contributed by atoms with van der Waals surface area (Å²) in [4.78, 5) is 0. The van der Waals surface area contributed by atoms with Crippen LogP contribution in [0.3, 0.4) is 0 Å². The third kappa shape index (κ3) is 1.55. The lowest BCUT2D eigenvalue weighted by atomic mass is 10.0. The maximum Gasteiger partial charge on any atom is 0.161 e. The Bertz CT molecular complexity index is 345. The van der Waals surface area contributed by atoms with Crippen LogP contribution in [0.5, 0.6) is 11.5 Å². The number of nitrogens with one attached hydrogen (secondary N) is 1. The minimum Gasteiger partial charge on any atom is -0.493 e. The SMILES string of the molecule is COc1cc(C)c(C2CN2)cc1OC. The molecule has 0 bridgehead atoms. The molecule has 1 aliphatic heterocycles. The minimum atomic E-state index is 0.509. The van der Waals surface area contributed by atoms with E-state index < -0.39 is 0 Å². The van der Waals surface area contributed by atoms with Crippen molar-refractivity contribution in [2.75, 3.05) is 20.8 Å². The highest BCUT2D eigenvalue weighted by Gasteiger charge is 2.25. The quantitative estimate of drug-likeness (QED) is 0.742. The number of hydrogen-bond donors (Lipinski definition) is 1. The second kappa shape index (κ2) is 3.50. The van der Waals surface area contributed by atoms with Crippen LogP contribution < -0.4 is 14.8 Å². The Balaban J connectivity index is 2.42. The predicted octanol–water partition coefficient (Wildman–Crippen LogP) is 1.66. The van der Waals surface area contributed by atoms with Gasteiger partial charge < -0.3 is 14.8 Å². The Morgan fingerprint density at radius 2 is 1.79 bits per heavy atom. The second-order valence-corrected chi connectivity index (χ2v) is 3.52. The Morgan fingerprint density at radius 3 is 2.29 bits per heavy atom. The van der Waals surface area contributed by atoms with Crippen LogP contribution in [0, 0.1) is 6.92 Å². The number of benzene rings is 1. The number of aryl methyl sites for hydroxylation is 1. The molecule has 3 heteroatoms. The van der Waals surface area contributed by atoms with Gasteiger partial charge in [-0.2, -0.15) is 0 Å². The lowest BCUT2D eigenvalue weighted by Gasteiger charge is -2.11. The van der Waals surface area contributed by atoms with Crippen LogP contribution >= 0.6 is 0 Å². The van der Waals surface area contributed by atoms with Crippen molar-refractivity contribution < 1.29 is 9.47 Å². The van der Waals surface area contributed by atoms with Gasteiger partial charge in [0.15, 0.2) is 11.5 Å². The summed E-state index contributed by atoms with van der Waals surface area (Å²) >= 11 is 0. The van der Waals surface area contributed by atoms with Crippen molar-refractivity contribution in [1.82, 2.24) is 5.32 Å². The fourth-order valence-corrected chi connectivity index (χ4v) is 1.65. The zero-order chi connectivity index (χ0) is 10.1. The van der Waals surface area contributed by atoms with Crippen molar-refractivity contribution in [3.05, 3.63) is 23.3 Å². The van der Waals surface area contributed by atoms with E-state index in [1.807, 2.05) is 6.07 Å². The molecule has 0 amide bonds. The predicted molar refractivity (Wildman–Crippen MR) is 55.0 cm³/mol. The van der Waals surface area contributed by atoms with Crippen LogP contribution in [0.2, 0.25) is 0 Å². The van der Waals surface area contributed by atoms with Crippen LogP contribution in [0.25, 0.3) is 0 Å². The molecule has 1 heterocycles.